The number of benzene rings is 1. The van der Waals surface area contributed by atoms with E-state index in [2.05, 4.69) is 15.9 Å². The zero-order valence-electron chi connectivity index (χ0n) is 8.94. The molecular formula is C11H11BrFNO2S. The lowest BCUT2D eigenvalue weighted by atomic mass is 9.98. The van der Waals surface area contributed by atoms with Crippen LogP contribution >= 0.6 is 27.7 Å². The first-order valence-corrected chi connectivity index (χ1v) is 7.29. The summed E-state index contributed by atoms with van der Waals surface area (Å²) < 4.78 is 13.4. The molecule has 1 saturated heterocycles. The SMILES string of the molecule is O=[N+]([O-])c1ccc(CC2CSCC2Br)cc1F. The fraction of sp³-hybridized carbons (Fsp3) is 0.455. The minimum atomic E-state index is -0.746. The number of thioether (sulfide) groups is 1. The maximum absolute atomic E-state index is 13.4. The monoisotopic (exact) mass is 319 g/mol. The predicted octanol–water partition coefficient (Wildman–Crippen LogP) is 3.40. The molecule has 1 aliphatic heterocycles. The van der Waals surface area contributed by atoms with Crippen LogP contribution in [0.3, 0.4) is 0 Å². The number of hydrogen-bond acceptors (Lipinski definition) is 3. The van der Waals surface area contributed by atoms with Gasteiger partial charge in [-0.1, -0.05) is 22.0 Å². The summed E-state index contributed by atoms with van der Waals surface area (Å²) >= 11 is 5.47. The first-order chi connectivity index (χ1) is 8.08. The fourth-order valence-electron chi connectivity index (χ4n) is 1.89. The van der Waals surface area contributed by atoms with E-state index in [4.69, 9.17) is 0 Å². The molecule has 6 heteroatoms. The summed E-state index contributed by atoms with van der Waals surface area (Å²) in [4.78, 5) is 10.2. The minimum Gasteiger partial charge on any atom is -0.258 e. The Morgan fingerprint density at radius 1 is 1.53 bits per heavy atom. The molecule has 0 bridgehead atoms. The zero-order valence-corrected chi connectivity index (χ0v) is 11.3. The van der Waals surface area contributed by atoms with Gasteiger partial charge in [-0.15, -0.1) is 0 Å². The van der Waals surface area contributed by atoms with Gasteiger partial charge in [-0.3, -0.25) is 10.1 Å². The lowest BCUT2D eigenvalue weighted by Gasteiger charge is -2.12. The molecule has 1 aromatic carbocycles. The number of halogens is 2. The molecule has 0 N–H and O–H groups in total. The van der Waals surface area contributed by atoms with Crippen LogP contribution in [0.1, 0.15) is 5.56 Å². The summed E-state index contributed by atoms with van der Waals surface area (Å²) in [7, 11) is 0. The first-order valence-electron chi connectivity index (χ1n) is 5.22. The van der Waals surface area contributed by atoms with Gasteiger partial charge in [0.25, 0.3) is 0 Å². The second kappa shape index (κ2) is 5.35. The lowest BCUT2D eigenvalue weighted by Crippen LogP contribution is -2.14. The van der Waals surface area contributed by atoms with Crippen molar-refractivity contribution in [3.8, 4) is 0 Å². The van der Waals surface area contributed by atoms with Gasteiger partial charge in [0, 0.05) is 16.6 Å². The third-order valence-corrected chi connectivity index (χ3v) is 5.59. The van der Waals surface area contributed by atoms with Crippen molar-refractivity contribution >= 4 is 33.4 Å². The Hall–Kier alpha value is -0.620. The summed E-state index contributed by atoms with van der Waals surface area (Å²) in [5.41, 5.74) is 0.370. The summed E-state index contributed by atoms with van der Waals surface area (Å²) in [6.45, 7) is 0. The smallest absolute Gasteiger partial charge is 0.258 e. The Morgan fingerprint density at radius 3 is 2.82 bits per heavy atom. The van der Waals surface area contributed by atoms with Crippen LogP contribution in [0.5, 0.6) is 0 Å². The van der Waals surface area contributed by atoms with Gasteiger partial charge in [0.15, 0.2) is 0 Å². The molecular weight excluding hydrogens is 309 g/mol. The van der Waals surface area contributed by atoms with E-state index in [1.165, 1.54) is 12.1 Å². The maximum Gasteiger partial charge on any atom is 0.304 e. The van der Waals surface area contributed by atoms with Gasteiger partial charge in [0.05, 0.1) is 4.92 Å². The highest BCUT2D eigenvalue weighted by molar-refractivity contribution is 9.09. The fourth-order valence-corrected chi connectivity index (χ4v) is 4.36. The van der Waals surface area contributed by atoms with E-state index in [9.17, 15) is 14.5 Å². The van der Waals surface area contributed by atoms with Crippen LogP contribution in [0.4, 0.5) is 10.1 Å². The van der Waals surface area contributed by atoms with Crippen LogP contribution in [0, 0.1) is 21.8 Å². The average molecular weight is 320 g/mol. The highest BCUT2D eigenvalue weighted by Crippen LogP contribution is 2.32. The number of nitro groups is 1. The van der Waals surface area contributed by atoms with Crippen LogP contribution in [0.25, 0.3) is 0 Å². The van der Waals surface area contributed by atoms with E-state index in [0.29, 0.717) is 10.7 Å². The number of alkyl halides is 1. The molecule has 2 unspecified atom stereocenters. The molecule has 0 amide bonds. The Balaban J connectivity index is 2.12. The van der Waals surface area contributed by atoms with E-state index < -0.39 is 16.4 Å². The number of nitrogens with zero attached hydrogens (tertiary/aromatic N) is 1. The molecule has 2 rings (SSSR count). The standard InChI is InChI=1S/C11H11BrFNO2S/c12-9-6-17-5-8(9)3-7-1-2-11(14(15)16)10(13)4-7/h1-2,4,8-9H,3,5-6H2. The molecule has 92 valence electrons. The largest absolute Gasteiger partial charge is 0.304 e. The summed E-state index contributed by atoms with van der Waals surface area (Å²) in [6, 6.07) is 4.17. The van der Waals surface area contributed by atoms with Crippen LogP contribution in [-0.4, -0.2) is 21.3 Å². The molecule has 1 aromatic rings. The van der Waals surface area contributed by atoms with Crippen molar-refractivity contribution in [2.75, 3.05) is 11.5 Å². The van der Waals surface area contributed by atoms with E-state index in [1.54, 1.807) is 6.07 Å². The molecule has 1 fully saturated rings. The molecule has 0 radical (unpaired) electrons. The van der Waals surface area contributed by atoms with Crippen molar-refractivity contribution in [3.05, 3.63) is 39.7 Å². The second-order valence-corrected chi connectivity index (χ2v) is 6.31. The van der Waals surface area contributed by atoms with Crippen LogP contribution in [0.15, 0.2) is 18.2 Å². The van der Waals surface area contributed by atoms with Crippen molar-refractivity contribution in [2.45, 2.75) is 11.2 Å². The number of hydrogen-bond donors (Lipinski definition) is 0. The topological polar surface area (TPSA) is 43.1 Å². The lowest BCUT2D eigenvalue weighted by molar-refractivity contribution is -0.387. The second-order valence-electron chi connectivity index (χ2n) is 4.06. The van der Waals surface area contributed by atoms with Crippen molar-refractivity contribution < 1.29 is 9.31 Å². The molecule has 17 heavy (non-hydrogen) atoms. The van der Waals surface area contributed by atoms with Crippen LogP contribution < -0.4 is 0 Å². The molecule has 0 saturated carbocycles. The molecule has 1 heterocycles. The third kappa shape index (κ3) is 2.98. The van der Waals surface area contributed by atoms with E-state index in [0.717, 1.165) is 23.5 Å². The van der Waals surface area contributed by atoms with Crippen molar-refractivity contribution in [3.63, 3.8) is 0 Å². The molecule has 0 aromatic heterocycles. The zero-order chi connectivity index (χ0) is 12.4. The predicted molar refractivity (Wildman–Crippen MR) is 70.3 cm³/mol. The summed E-state index contributed by atoms with van der Waals surface area (Å²) in [5, 5.41) is 10.5. The van der Waals surface area contributed by atoms with Crippen LogP contribution in [-0.2, 0) is 6.42 Å². The van der Waals surface area contributed by atoms with Crippen molar-refractivity contribution in [1.82, 2.24) is 0 Å². The van der Waals surface area contributed by atoms with E-state index in [-0.39, 0.29) is 0 Å². The van der Waals surface area contributed by atoms with Gasteiger partial charge in [-0.2, -0.15) is 16.2 Å². The van der Waals surface area contributed by atoms with Crippen molar-refractivity contribution in [2.24, 2.45) is 5.92 Å². The first kappa shape index (κ1) is 12.8. The van der Waals surface area contributed by atoms with Gasteiger partial charge < -0.3 is 0 Å². The molecule has 0 aliphatic carbocycles. The molecule has 3 nitrogen and oxygen atoms in total. The number of nitro benzene ring substituents is 1. The van der Waals surface area contributed by atoms with Gasteiger partial charge >= 0.3 is 5.69 Å². The average Bonchev–Trinajstić information content (AvgIpc) is 2.64. The third-order valence-electron chi connectivity index (χ3n) is 2.83. The van der Waals surface area contributed by atoms with Gasteiger partial charge in [-0.05, 0) is 29.7 Å². The Bertz CT molecular complexity index is 443. The van der Waals surface area contributed by atoms with Gasteiger partial charge in [-0.25, -0.2) is 0 Å². The number of rotatable bonds is 3. The molecule has 2 atom stereocenters. The van der Waals surface area contributed by atoms with E-state index >= 15 is 0 Å². The van der Waals surface area contributed by atoms with Gasteiger partial charge in [0.1, 0.15) is 0 Å². The Labute approximate surface area is 111 Å². The van der Waals surface area contributed by atoms with E-state index in [1.807, 2.05) is 11.8 Å². The summed E-state index contributed by atoms with van der Waals surface area (Å²) in [6.07, 6.45) is 0.762. The van der Waals surface area contributed by atoms with Crippen molar-refractivity contribution in [1.29, 1.82) is 0 Å². The Kier molecular flexibility index (Phi) is 4.04. The maximum atomic E-state index is 13.4. The summed E-state index contributed by atoms with van der Waals surface area (Å²) in [5.74, 6) is 1.85. The van der Waals surface area contributed by atoms with Crippen LogP contribution in [0.2, 0.25) is 0 Å². The molecule has 1 aliphatic rings. The minimum absolute atomic E-state index is 0.450. The quantitative estimate of drug-likeness (QED) is 0.487. The normalized spacial score (nSPS) is 23.9. The highest BCUT2D eigenvalue weighted by atomic mass is 79.9. The highest BCUT2D eigenvalue weighted by Gasteiger charge is 2.26. The molecule has 0 spiro atoms. The Morgan fingerprint density at radius 2 is 2.29 bits per heavy atom. The van der Waals surface area contributed by atoms with Gasteiger partial charge in [0.2, 0.25) is 5.82 Å².